The molecule has 0 spiro atoms. The number of nitrogens with one attached hydrogen (secondary N) is 1. The molecule has 0 bridgehead atoms. The number of amides is 1. The second-order valence-electron chi connectivity index (χ2n) is 7.01. The summed E-state index contributed by atoms with van der Waals surface area (Å²) in [7, 11) is 1.49. The normalized spacial score (nSPS) is 16.2. The summed E-state index contributed by atoms with van der Waals surface area (Å²) in [5.41, 5.74) is 0.706. The smallest absolute Gasteiger partial charge is 0.410 e. The van der Waals surface area contributed by atoms with Crippen LogP contribution in [0.25, 0.3) is 10.9 Å². The van der Waals surface area contributed by atoms with Crippen LogP contribution in [0.15, 0.2) is 36.7 Å². The maximum absolute atomic E-state index is 14.4. The van der Waals surface area contributed by atoms with Gasteiger partial charge in [-0.05, 0) is 31.0 Å². The second kappa shape index (κ2) is 8.81. The summed E-state index contributed by atoms with van der Waals surface area (Å²) in [6.45, 7) is 0.403. The number of benzene rings is 2. The van der Waals surface area contributed by atoms with Crippen LogP contribution < -0.4 is 14.8 Å². The summed E-state index contributed by atoms with van der Waals surface area (Å²) in [5.74, 6) is 0.497. The maximum atomic E-state index is 14.4. The number of halogens is 2. The number of ether oxygens (including phenoxy) is 2. The number of hydrogen-bond acceptors (Lipinski definition) is 6. The Morgan fingerprint density at radius 2 is 2.13 bits per heavy atom. The van der Waals surface area contributed by atoms with Gasteiger partial charge in [0.05, 0.1) is 23.3 Å². The van der Waals surface area contributed by atoms with Crippen molar-refractivity contribution in [2.45, 2.75) is 25.5 Å². The van der Waals surface area contributed by atoms with E-state index >= 15 is 0 Å². The molecule has 1 aromatic heterocycles. The third-order valence-corrected chi connectivity index (χ3v) is 5.37. The van der Waals surface area contributed by atoms with Gasteiger partial charge in [0.15, 0.2) is 23.5 Å². The number of anilines is 2. The van der Waals surface area contributed by atoms with Crippen LogP contribution in [0.3, 0.4) is 0 Å². The fourth-order valence-corrected chi connectivity index (χ4v) is 3.71. The van der Waals surface area contributed by atoms with Crippen molar-refractivity contribution in [1.29, 1.82) is 0 Å². The Labute approximate surface area is 182 Å². The van der Waals surface area contributed by atoms with Crippen molar-refractivity contribution >= 4 is 40.1 Å². The SMILES string of the molecule is COc1cc2ncnc(Nc3cccc(Cl)c3F)c2cc1OC1CCCCN1C(=O)O. The van der Waals surface area contributed by atoms with Crippen LogP contribution in [0.2, 0.25) is 5.02 Å². The third kappa shape index (κ3) is 4.27. The minimum absolute atomic E-state index is 0.0138. The Bertz CT molecular complexity index is 1130. The van der Waals surface area contributed by atoms with Gasteiger partial charge in [0, 0.05) is 24.4 Å². The lowest BCUT2D eigenvalue weighted by molar-refractivity contribution is 0.00469. The molecule has 3 aromatic rings. The van der Waals surface area contributed by atoms with Crippen molar-refractivity contribution in [2.24, 2.45) is 0 Å². The highest BCUT2D eigenvalue weighted by molar-refractivity contribution is 6.31. The van der Waals surface area contributed by atoms with Gasteiger partial charge in [0.2, 0.25) is 0 Å². The molecule has 31 heavy (non-hydrogen) atoms. The highest BCUT2D eigenvalue weighted by atomic mass is 35.5. The van der Waals surface area contributed by atoms with Gasteiger partial charge in [0.25, 0.3) is 0 Å². The molecular weight excluding hydrogens is 427 g/mol. The monoisotopic (exact) mass is 446 g/mol. The summed E-state index contributed by atoms with van der Waals surface area (Å²) in [6.07, 6.45) is 1.89. The first-order valence-corrected chi connectivity index (χ1v) is 10.1. The third-order valence-electron chi connectivity index (χ3n) is 5.08. The Morgan fingerprint density at radius 3 is 2.90 bits per heavy atom. The molecule has 1 aliphatic heterocycles. The van der Waals surface area contributed by atoms with E-state index in [-0.39, 0.29) is 10.7 Å². The number of rotatable bonds is 5. The predicted molar refractivity (Wildman–Crippen MR) is 114 cm³/mol. The van der Waals surface area contributed by atoms with Crippen molar-refractivity contribution < 1.29 is 23.8 Å². The van der Waals surface area contributed by atoms with Gasteiger partial charge in [-0.2, -0.15) is 0 Å². The first-order valence-electron chi connectivity index (χ1n) is 9.68. The molecule has 1 atom stereocenters. The van der Waals surface area contributed by atoms with Crippen LogP contribution in [-0.2, 0) is 0 Å². The average molecular weight is 447 g/mol. The zero-order chi connectivity index (χ0) is 22.0. The number of methoxy groups -OCH3 is 1. The number of likely N-dealkylation sites (tertiary alicyclic amines) is 1. The van der Waals surface area contributed by atoms with E-state index in [9.17, 15) is 14.3 Å². The molecule has 1 unspecified atom stereocenters. The highest BCUT2D eigenvalue weighted by Crippen LogP contribution is 2.37. The van der Waals surface area contributed by atoms with Crippen LogP contribution in [0.4, 0.5) is 20.7 Å². The fourth-order valence-electron chi connectivity index (χ4n) is 3.53. The lowest BCUT2D eigenvalue weighted by atomic mass is 10.1. The fraction of sp³-hybridized carbons (Fsp3) is 0.286. The number of carbonyl (C=O) groups is 1. The van der Waals surface area contributed by atoms with Crippen molar-refractivity contribution in [1.82, 2.24) is 14.9 Å². The molecule has 1 saturated heterocycles. The molecule has 0 radical (unpaired) electrons. The van der Waals surface area contributed by atoms with E-state index in [4.69, 9.17) is 21.1 Å². The zero-order valence-corrected chi connectivity index (χ0v) is 17.4. The van der Waals surface area contributed by atoms with Gasteiger partial charge in [-0.3, -0.25) is 4.90 Å². The number of carboxylic acid groups (broad SMARTS) is 1. The van der Waals surface area contributed by atoms with E-state index in [0.29, 0.717) is 41.2 Å². The molecule has 1 fully saturated rings. The molecule has 162 valence electrons. The number of aromatic nitrogens is 2. The van der Waals surface area contributed by atoms with E-state index in [1.54, 1.807) is 24.3 Å². The zero-order valence-electron chi connectivity index (χ0n) is 16.6. The Hall–Kier alpha value is -3.33. The van der Waals surface area contributed by atoms with Crippen molar-refractivity contribution in [3.05, 3.63) is 47.5 Å². The summed E-state index contributed by atoms with van der Waals surface area (Å²) in [5, 5.41) is 13.0. The molecule has 0 saturated carbocycles. The van der Waals surface area contributed by atoms with E-state index in [0.717, 1.165) is 12.8 Å². The van der Waals surface area contributed by atoms with Crippen LogP contribution >= 0.6 is 11.6 Å². The van der Waals surface area contributed by atoms with Gasteiger partial charge >= 0.3 is 6.09 Å². The van der Waals surface area contributed by atoms with E-state index in [1.807, 2.05) is 0 Å². The second-order valence-corrected chi connectivity index (χ2v) is 7.42. The minimum Gasteiger partial charge on any atom is -0.493 e. The number of nitrogens with zero attached hydrogens (tertiary/aromatic N) is 3. The first-order chi connectivity index (χ1) is 15.0. The molecule has 4 rings (SSSR count). The predicted octanol–water partition coefficient (Wildman–Crippen LogP) is 5.04. The summed E-state index contributed by atoms with van der Waals surface area (Å²) in [6, 6.07) is 7.95. The van der Waals surface area contributed by atoms with E-state index in [2.05, 4.69) is 15.3 Å². The number of piperidine rings is 1. The van der Waals surface area contributed by atoms with Gasteiger partial charge in [-0.1, -0.05) is 17.7 Å². The molecule has 1 aliphatic rings. The van der Waals surface area contributed by atoms with Crippen LogP contribution in [-0.4, -0.2) is 46.0 Å². The Morgan fingerprint density at radius 1 is 1.29 bits per heavy atom. The van der Waals surface area contributed by atoms with Gasteiger partial charge in [-0.25, -0.2) is 19.2 Å². The molecule has 8 nitrogen and oxygen atoms in total. The first kappa shape index (κ1) is 20.9. The standard InChI is InChI=1S/C21H20ClFN4O4/c1-30-16-10-15-12(9-17(16)31-18-7-2-3-8-27(18)21(28)29)20(25-11-24-15)26-14-6-4-5-13(22)19(14)23/h4-6,9-11,18H,2-3,7-8H2,1H3,(H,28,29)(H,24,25,26). The summed E-state index contributed by atoms with van der Waals surface area (Å²) >= 11 is 5.87. The van der Waals surface area contributed by atoms with Crippen LogP contribution in [0, 0.1) is 5.82 Å². The molecule has 1 amide bonds. The molecule has 2 N–H and O–H groups in total. The van der Waals surface area contributed by atoms with Crippen molar-refractivity contribution in [3.63, 3.8) is 0 Å². The molecule has 0 aliphatic carbocycles. The molecule has 2 aromatic carbocycles. The average Bonchev–Trinajstić information content (AvgIpc) is 2.77. The van der Waals surface area contributed by atoms with Gasteiger partial charge in [-0.15, -0.1) is 0 Å². The number of fused-ring (bicyclic) bond motifs is 1. The van der Waals surface area contributed by atoms with Crippen LogP contribution in [0.1, 0.15) is 19.3 Å². The van der Waals surface area contributed by atoms with E-state index in [1.165, 1.54) is 24.4 Å². The number of hydrogen-bond donors (Lipinski definition) is 2. The quantitative estimate of drug-likeness (QED) is 0.566. The summed E-state index contributed by atoms with van der Waals surface area (Å²) < 4.78 is 25.9. The Kier molecular flexibility index (Phi) is 5.94. The molecule has 2 heterocycles. The lowest BCUT2D eigenvalue weighted by Crippen LogP contribution is -2.46. The van der Waals surface area contributed by atoms with E-state index < -0.39 is 18.1 Å². The minimum atomic E-state index is -1.04. The van der Waals surface area contributed by atoms with Crippen LogP contribution in [0.5, 0.6) is 11.5 Å². The molecule has 10 heteroatoms. The van der Waals surface area contributed by atoms with Gasteiger partial charge in [0.1, 0.15) is 12.1 Å². The maximum Gasteiger partial charge on any atom is 0.410 e. The van der Waals surface area contributed by atoms with Crippen molar-refractivity contribution in [2.75, 3.05) is 19.0 Å². The lowest BCUT2D eigenvalue weighted by Gasteiger charge is -2.33. The molecular formula is C21H20ClFN4O4. The highest BCUT2D eigenvalue weighted by Gasteiger charge is 2.29. The largest absolute Gasteiger partial charge is 0.493 e. The van der Waals surface area contributed by atoms with Gasteiger partial charge < -0.3 is 19.9 Å². The topological polar surface area (TPSA) is 96.8 Å². The summed E-state index contributed by atoms with van der Waals surface area (Å²) in [4.78, 5) is 21.3. The Balaban J connectivity index is 1.73. The van der Waals surface area contributed by atoms with Crippen molar-refractivity contribution in [3.8, 4) is 11.5 Å².